The summed E-state index contributed by atoms with van der Waals surface area (Å²) >= 11 is 5.99. The van der Waals surface area contributed by atoms with Gasteiger partial charge in [0.2, 0.25) is 10.0 Å². The quantitative estimate of drug-likeness (QED) is 0.623. The first-order chi connectivity index (χ1) is 13.2. The van der Waals surface area contributed by atoms with Crippen LogP contribution in [0.25, 0.3) is 0 Å². The number of benzene rings is 2. The highest BCUT2D eigenvalue weighted by Crippen LogP contribution is 2.23. The van der Waals surface area contributed by atoms with Gasteiger partial charge in [-0.05, 0) is 43.3 Å². The maximum Gasteiger partial charge on any atom is 0.260 e. The molecule has 2 aromatic carbocycles. The number of rotatable bonds is 9. The number of hydrogen-bond donors (Lipinski definition) is 1. The molecule has 9 heteroatoms. The van der Waals surface area contributed by atoms with Crippen LogP contribution in [0.15, 0.2) is 48.5 Å². The summed E-state index contributed by atoms with van der Waals surface area (Å²) in [4.78, 5) is 12.1. The zero-order chi connectivity index (χ0) is 20.7. The molecular weight excluding hydrogens is 404 g/mol. The Labute approximate surface area is 170 Å². The van der Waals surface area contributed by atoms with Crippen molar-refractivity contribution in [2.45, 2.75) is 13.0 Å². The van der Waals surface area contributed by atoms with Crippen LogP contribution in [-0.4, -0.2) is 46.9 Å². The summed E-state index contributed by atoms with van der Waals surface area (Å²) in [7, 11) is -1.87. The number of sulfonamides is 1. The second-order valence-electron chi connectivity index (χ2n) is 6.05. The largest absolute Gasteiger partial charge is 0.490 e. The Bertz CT molecular complexity index is 903. The Morgan fingerprint density at radius 1 is 1.18 bits per heavy atom. The lowest BCUT2D eigenvalue weighted by Gasteiger charge is -2.18. The molecule has 0 aliphatic carbocycles. The van der Waals surface area contributed by atoms with E-state index in [1.165, 1.54) is 7.05 Å². The Balaban J connectivity index is 1.79. The van der Waals surface area contributed by atoms with Gasteiger partial charge in [0.1, 0.15) is 18.1 Å². The van der Waals surface area contributed by atoms with Gasteiger partial charge in [0.15, 0.2) is 6.10 Å². The molecule has 0 heterocycles. The number of halogens is 1. The van der Waals surface area contributed by atoms with E-state index in [4.69, 9.17) is 21.1 Å². The van der Waals surface area contributed by atoms with E-state index in [1.807, 2.05) is 12.1 Å². The van der Waals surface area contributed by atoms with Crippen LogP contribution >= 0.6 is 11.6 Å². The topological polar surface area (TPSA) is 84.9 Å². The molecular formula is C19H23ClN2O5S. The van der Waals surface area contributed by atoms with Crippen LogP contribution in [0.4, 0.5) is 5.69 Å². The van der Waals surface area contributed by atoms with Gasteiger partial charge in [0, 0.05) is 7.05 Å². The van der Waals surface area contributed by atoms with Crippen LogP contribution in [0.5, 0.6) is 11.5 Å². The van der Waals surface area contributed by atoms with Crippen LogP contribution in [0, 0.1) is 0 Å². The number of carbonyl (C=O) groups is 1. The predicted molar refractivity (Wildman–Crippen MR) is 110 cm³/mol. The van der Waals surface area contributed by atoms with E-state index >= 15 is 0 Å². The number of anilines is 1. The first kappa shape index (κ1) is 21.8. The molecule has 0 fully saturated rings. The maximum atomic E-state index is 12.1. The highest BCUT2D eigenvalue weighted by molar-refractivity contribution is 7.92. The standard InChI is InChI=1S/C19H23ClN2O5S/c1-14(19(23)21-12-13-26-18-7-5-4-6-17(18)20)27-16-10-8-15(9-11-16)22(2)28(3,24)25/h4-11,14H,12-13H2,1-3H3,(H,21,23). The zero-order valence-corrected chi connectivity index (χ0v) is 17.5. The van der Waals surface area contributed by atoms with Crippen molar-refractivity contribution in [2.75, 3.05) is 30.8 Å². The summed E-state index contributed by atoms with van der Waals surface area (Å²) < 4.78 is 35.3. The van der Waals surface area contributed by atoms with E-state index in [2.05, 4.69) is 5.32 Å². The van der Waals surface area contributed by atoms with Crippen molar-refractivity contribution in [1.29, 1.82) is 0 Å². The molecule has 152 valence electrons. The van der Waals surface area contributed by atoms with Crippen LogP contribution < -0.4 is 19.1 Å². The summed E-state index contributed by atoms with van der Waals surface area (Å²) in [5.41, 5.74) is 0.503. The molecule has 1 atom stereocenters. The van der Waals surface area contributed by atoms with Gasteiger partial charge in [0.05, 0.1) is 23.5 Å². The molecule has 1 amide bonds. The lowest BCUT2D eigenvalue weighted by atomic mass is 10.3. The molecule has 1 N–H and O–H groups in total. The summed E-state index contributed by atoms with van der Waals surface area (Å²) in [6, 6.07) is 13.5. The molecule has 28 heavy (non-hydrogen) atoms. The Morgan fingerprint density at radius 2 is 1.82 bits per heavy atom. The van der Waals surface area contributed by atoms with Crippen molar-refractivity contribution in [3.05, 3.63) is 53.6 Å². The third-order valence-electron chi connectivity index (χ3n) is 3.88. The number of hydrogen-bond acceptors (Lipinski definition) is 5. The molecule has 0 radical (unpaired) electrons. The summed E-state index contributed by atoms with van der Waals surface area (Å²) in [5, 5.41) is 3.23. The molecule has 7 nitrogen and oxygen atoms in total. The van der Waals surface area contributed by atoms with Gasteiger partial charge in [0.25, 0.3) is 5.91 Å². The number of para-hydroxylation sites is 1. The lowest BCUT2D eigenvalue weighted by molar-refractivity contribution is -0.127. The van der Waals surface area contributed by atoms with Crippen molar-refractivity contribution in [2.24, 2.45) is 0 Å². The fourth-order valence-electron chi connectivity index (χ4n) is 2.22. The van der Waals surface area contributed by atoms with Gasteiger partial charge in [-0.3, -0.25) is 9.10 Å². The molecule has 0 aromatic heterocycles. The van der Waals surface area contributed by atoms with Crippen LogP contribution in [0.3, 0.4) is 0 Å². The van der Waals surface area contributed by atoms with E-state index in [9.17, 15) is 13.2 Å². The minimum Gasteiger partial charge on any atom is -0.490 e. The van der Waals surface area contributed by atoms with Crippen molar-refractivity contribution < 1.29 is 22.7 Å². The highest BCUT2D eigenvalue weighted by Gasteiger charge is 2.15. The van der Waals surface area contributed by atoms with E-state index < -0.39 is 16.1 Å². The second kappa shape index (κ2) is 9.66. The average molecular weight is 427 g/mol. The van der Waals surface area contributed by atoms with Crippen LogP contribution in [0.1, 0.15) is 6.92 Å². The molecule has 0 saturated carbocycles. The van der Waals surface area contributed by atoms with Gasteiger partial charge in [-0.1, -0.05) is 23.7 Å². The molecule has 2 aromatic rings. The number of nitrogens with one attached hydrogen (secondary N) is 1. The van der Waals surface area contributed by atoms with E-state index in [1.54, 1.807) is 43.3 Å². The van der Waals surface area contributed by atoms with Gasteiger partial charge < -0.3 is 14.8 Å². The molecule has 0 bridgehead atoms. The van der Waals surface area contributed by atoms with Crippen molar-refractivity contribution >= 4 is 33.2 Å². The van der Waals surface area contributed by atoms with Gasteiger partial charge >= 0.3 is 0 Å². The summed E-state index contributed by atoms with van der Waals surface area (Å²) in [6.07, 6.45) is 0.401. The Hall–Kier alpha value is -2.45. The van der Waals surface area contributed by atoms with Crippen LogP contribution in [0.2, 0.25) is 5.02 Å². The highest BCUT2D eigenvalue weighted by atomic mass is 35.5. The molecule has 2 rings (SSSR count). The fourth-order valence-corrected chi connectivity index (χ4v) is 2.92. The first-order valence-electron chi connectivity index (χ1n) is 8.54. The normalized spacial score (nSPS) is 12.1. The molecule has 0 aliphatic rings. The lowest BCUT2D eigenvalue weighted by Crippen LogP contribution is -2.38. The first-order valence-corrected chi connectivity index (χ1v) is 10.8. The summed E-state index contributed by atoms with van der Waals surface area (Å²) in [6.45, 7) is 2.20. The molecule has 1 unspecified atom stereocenters. The van der Waals surface area contributed by atoms with Gasteiger partial charge in [-0.25, -0.2) is 8.42 Å². The van der Waals surface area contributed by atoms with Crippen LogP contribution in [-0.2, 0) is 14.8 Å². The van der Waals surface area contributed by atoms with Crippen molar-refractivity contribution in [1.82, 2.24) is 5.32 Å². The number of nitrogens with zero attached hydrogens (tertiary/aromatic N) is 1. The summed E-state index contributed by atoms with van der Waals surface area (Å²) in [5.74, 6) is 0.725. The van der Waals surface area contributed by atoms with Gasteiger partial charge in [-0.2, -0.15) is 0 Å². The third kappa shape index (κ3) is 6.31. The fraction of sp³-hybridized carbons (Fsp3) is 0.316. The monoisotopic (exact) mass is 426 g/mol. The van der Waals surface area contributed by atoms with Crippen molar-refractivity contribution in [3.8, 4) is 11.5 Å². The molecule has 0 spiro atoms. The minimum absolute atomic E-state index is 0.273. The third-order valence-corrected chi connectivity index (χ3v) is 5.39. The van der Waals surface area contributed by atoms with E-state index in [0.29, 0.717) is 28.8 Å². The minimum atomic E-state index is -3.33. The Morgan fingerprint density at radius 3 is 2.43 bits per heavy atom. The molecule has 0 saturated heterocycles. The maximum absolute atomic E-state index is 12.1. The van der Waals surface area contributed by atoms with E-state index in [-0.39, 0.29) is 12.5 Å². The predicted octanol–water partition coefficient (Wildman–Crippen LogP) is 2.70. The zero-order valence-electron chi connectivity index (χ0n) is 15.9. The SMILES string of the molecule is CC(Oc1ccc(N(C)S(C)(=O)=O)cc1)C(=O)NCCOc1ccccc1Cl. The smallest absolute Gasteiger partial charge is 0.260 e. The number of amides is 1. The Kier molecular flexibility index (Phi) is 7.53. The van der Waals surface area contributed by atoms with Crippen molar-refractivity contribution in [3.63, 3.8) is 0 Å². The van der Waals surface area contributed by atoms with Gasteiger partial charge in [-0.15, -0.1) is 0 Å². The number of carbonyl (C=O) groups excluding carboxylic acids is 1. The number of ether oxygens (including phenoxy) is 2. The average Bonchev–Trinajstić information content (AvgIpc) is 2.65. The molecule has 0 aliphatic heterocycles. The second-order valence-corrected chi connectivity index (χ2v) is 8.48. The van der Waals surface area contributed by atoms with E-state index in [0.717, 1.165) is 10.6 Å².